The Labute approximate surface area is 99.9 Å². The first kappa shape index (κ1) is 12.2. The van der Waals surface area contributed by atoms with Gasteiger partial charge in [-0.25, -0.2) is 9.18 Å². The number of alkyl halides is 1. The van der Waals surface area contributed by atoms with Crippen molar-refractivity contribution in [2.24, 2.45) is 0 Å². The summed E-state index contributed by atoms with van der Waals surface area (Å²) in [7, 11) is 0. The molecule has 1 N–H and O–H groups in total. The molecule has 1 aromatic rings. The van der Waals surface area contributed by atoms with Crippen molar-refractivity contribution in [2.45, 2.75) is 32.9 Å². The van der Waals surface area contributed by atoms with E-state index in [1.54, 1.807) is 6.92 Å². The summed E-state index contributed by atoms with van der Waals surface area (Å²) < 4.78 is 13.3. The number of likely N-dealkylation sites (tertiary alicyclic amines) is 1. The van der Waals surface area contributed by atoms with E-state index in [9.17, 15) is 9.18 Å². The van der Waals surface area contributed by atoms with Crippen LogP contribution in [0.1, 0.15) is 23.9 Å². The van der Waals surface area contributed by atoms with E-state index in [-0.39, 0.29) is 5.69 Å². The molecule has 0 radical (unpaired) electrons. The Kier molecular flexibility index (Phi) is 3.03. The monoisotopic (exact) mass is 239 g/mol. The third-order valence-electron chi connectivity index (χ3n) is 3.24. The van der Waals surface area contributed by atoms with E-state index in [0.717, 1.165) is 29.9 Å². The molecule has 1 saturated heterocycles. The molecule has 0 aromatic carbocycles. The lowest BCUT2D eigenvalue weighted by Gasteiger charge is -2.42. The van der Waals surface area contributed by atoms with Crippen LogP contribution in [0.3, 0.4) is 0 Å². The van der Waals surface area contributed by atoms with Crippen LogP contribution < -0.4 is 5.69 Å². The fourth-order valence-electron chi connectivity index (χ4n) is 2.44. The Bertz CT molecular complexity index is 447. The Morgan fingerprint density at radius 2 is 2.12 bits per heavy atom. The maximum absolute atomic E-state index is 13.3. The molecule has 0 atom stereocenters. The van der Waals surface area contributed by atoms with Crippen LogP contribution in [0.4, 0.5) is 4.39 Å². The Morgan fingerprint density at radius 1 is 1.47 bits per heavy atom. The quantitative estimate of drug-likeness (QED) is 0.855. The predicted molar refractivity (Wildman–Crippen MR) is 64.0 cm³/mol. The molecule has 94 valence electrons. The molecular weight excluding hydrogens is 221 g/mol. The Morgan fingerprint density at radius 3 is 2.65 bits per heavy atom. The number of hydrogen-bond acceptors (Lipinski definition) is 3. The second-order valence-corrected chi connectivity index (χ2v) is 5.10. The van der Waals surface area contributed by atoms with Gasteiger partial charge in [0.05, 0.1) is 0 Å². The number of hydrogen-bond donors (Lipinski definition) is 1. The smallest absolute Gasteiger partial charge is 0.310 e. The number of halogens is 1. The van der Waals surface area contributed by atoms with Gasteiger partial charge in [0.15, 0.2) is 0 Å². The van der Waals surface area contributed by atoms with Crippen LogP contribution in [0.15, 0.2) is 4.79 Å². The van der Waals surface area contributed by atoms with Crippen molar-refractivity contribution in [3.63, 3.8) is 0 Å². The third kappa shape index (κ3) is 2.72. The number of nitrogens with one attached hydrogen (secondary N) is 1. The fraction of sp³-hybridized carbons (Fsp3) is 0.667. The second kappa shape index (κ2) is 4.22. The molecule has 0 amide bonds. The Hall–Kier alpha value is -1.23. The van der Waals surface area contributed by atoms with Gasteiger partial charge in [-0.1, -0.05) is 0 Å². The molecule has 0 unspecified atom stereocenters. The number of aromatic amines is 1. The van der Waals surface area contributed by atoms with E-state index in [4.69, 9.17) is 0 Å². The van der Waals surface area contributed by atoms with Crippen molar-refractivity contribution in [3.8, 4) is 0 Å². The zero-order chi connectivity index (χ0) is 12.6. The van der Waals surface area contributed by atoms with E-state index in [1.807, 2.05) is 13.8 Å². The summed E-state index contributed by atoms with van der Waals surface area (Å²) in [5.41, 5.74) is 1.38. The van der Waals surface area contributed by atoms with Crippen molar-refractivity contribution < 1.29 is 4.39 Å². The number of rotatable bonds is 3. The lowest BCUT2D eigenvalue weighted by molar-refractivity contribution is -0.0163. The van der Waals surface area contributed by atoms with Gasteiger partial charge in [0, 0.05) is 31.0 Å². The lowest BCUT2D eigenvalue weighted by atomic mass is 9.98. The zero-order valence-corrected chi connectivity index (χ0v) is 10.5. The molecule has 1 aliphatic rings. The highest BCUT2D eigenvalue weighted by molar-refractivity contribution is 5.23. The average Bonchev–Trinajstić information content (AvgIpc) is 2.12. The third-order valence-corrected chi connectivity index (χ3v) is 3.24. The molecule has 1 fully saturated rings. The minimum absolute atomic E-state index is 0.302. The molecule has 5 heteroatoms. The molecule has 2 heterocycles. The standard InChI is InChI=1S/C12H18FN3O/c1-8-10(9(2)15-11(17)14-8)4-5-16-6-12(3,13)7-16/h4-7H2,1-3H3,(H,14,15,17). The molecule has 0 bridgehead atoms. The topological polar surface area (TPSA) is 49.0 Å². The van der Waals surface area contributed by atoms with Crippen molar-refractivity contribution in [1.82, 2.24) is 14.9 Å². The molecule has 0 spiro atoms. The Balaban J connectivity index is 1.98. The second-order valence-electron chi connectivity index (χ2n) is 5.10. The van der Waals surface area contributed by atoms with Gasteiger partial charge in [0.25, 0.3) is 0 Å². The maximum Gasteiger partial charge on any atom is 0.345 e. The SMILES string of the molecule is Cc1nc(=O)[nH]c(C)c1CCN1CC(C)(F)C1. The highest BCUT2D eigenvalue weighted by Crippen LogP contribution is 2.24. The first-order valence-electron chi connectivity index (χ1n) is 5.85. The van der Waals surface area contributed by atoms with Gasteiger partial charge in [-0.05, 0) is 32.8 Å². The van der Waals surface area contributed by atoms with Crippen LogP contribution in [0, 0.1) is 13.8 Å². The first-order valence-corrected chi connectivity index (χ1v) is 5.85. The summed E-state index contributed by atoms with van der Waals surface area (Å²) in [6.07, 6.45) is 0.803. The number of aromatic nitrogens is 2. The van der Waals surface area contributed by atoms with Crippen LogP contribution in [0.5, 0.6) is 0 Å². The van der Waals surface area contributed by atoms with Crippen LogP contribution in [-0.2, 0) is 6.42 Å². The summed E-state index contributed by atoms with van der Waals surface area (Å²) in [6, 6.07) is 0. The molecule has 1 aromatic heterocycles. The van der Waals surface area contributed by atoms with Gasteiger partial charge in [0.1, 0.15) is 5.67 Å². The molecule has 0 saturated carbocycles. The molecule has 0 aliphatic carbocycles. The molecule has 2 rings (SSSR count). The van der Waals surface area contributed by atoms with Crippen molar-refractivity contribution >= 4 is 0 Å². The van der Waals surface area contributed by atoms with Gasteiger partial charge in [-0.15, -0.1) is 0 Å². The van der Waals surface area contributed by atoms with E-state index < -0.39 is 5.67 Å². The molecule has 17 heavy (non-hydrogen) atoms. The van der Waals surface area contributed by atoms with E-state index in [0.29, 0.717) is 13.1 Å². The van der Waals surface area contributed by atoms with E-state index in [1.165, 1.54) is 0 Å². The maximum atomic E-state index is 13.3. The summed E-state index contributed by atoms with van der Waals surface area (Å²) in [5, 5.41) is 0. The minimum atomic E-state index is -1.02. The summed E-state index contributed by atoms with van der Waals surface area (Å²) >= 11 is 0. The lowest BCUT2D eigenvalue weighted by Crippen LogP contribution is -2.57. The number of aryl methyl sites for hydroxylation is 2. The van der Waals surface area contributed by atoms with Gasteiger partial charge < -0.3 is 4.98 Å². The van der Waals surface area contributed by atoms with Crippen LogP contribution in [0.25, 0.3) is 0 Å². The predicted octanol–water partition coefficient (Wildman–Crippen LogP) is 0.973. The number of H-pyrrole nitrogens is 1. The van der Waals surface area contributed by atoms with Gasteiger partial charge >= 0.3 is 5.69 Å². The van der Waals surface area contributed by atoms with Crippen molar-refractivity contribution in [1.29, 1.82) is 0 Å². The van der Waals surface area contributed by atoms with Crippen molar-refractivity contribution in [3.05, 3.63) is 27.4 Å². The van der Waals surface area contributed by atoms with E-state index >= 15 is 0 Å². The summed E-state index contributed by atoms with van der Waals surface area (Å²) in [5.74, 6) is 0. The summed E-state index contributed by atoms with van der Waals surface area (Å²) in [6.45, 7) is 7.16. The summed E-state index contributed by atoms with van der Waals surface area (Å²) in [4.78, 5) is 19.8. The highest BCUT2D eigenvalue weighted by Gasteiger charge is 2.38. The van der Waals surface area contributed by atoms with Gasteiger partial charge in [-0.3, -0.25) is 4.90 Å². The average molecular weight is 239 g/mol. The first-order chi connectivity index (χ1) is 7.87. The highest BCUT2D eigenvalue weighted by atomic mass is 19.1. The normalized spacial score (nSPS) is 19.1. The molecule has 4 nitrogen and oxygen atoms in total. The zero-order valence-electron chi connectivity index (χ0n) is 10.5. The van der Waals surface area contributed by atoms with Crippen LogP contribution in [0.2, 0.25) is 0 Å². The van der Waals surface area contributed by atoms with Crippen LogP contribution >= 0.6 is 0 Å². The minimum Gasteiger partial charge on any atom is -0.310 e. The van der Waals surface area contributed by atoms with Gasteiger partial charge in [0.2, 0.25) is 0 Å². The molecular formula is C12H18FN3O. The molecule has 1 aliphatic heterocycles. The fourth-order valence-corrected chi connectivity index (χ4v) is 2.44. The van der Waals surface area contributed by atoms with Crippen molar-refractivity contribution in [2.75, 3.05) is 19.6 Å². The van der Waals surface area contributed by atoms with Gasteiger partial charge in [-0.2, -0.15) is 4.98 Å². The largest absolute Gasteiger partial charge is 0.345 e. The number of nitrogens with zero attached hydrogens (tertiary/aromatic N) is 2. The van der Waals surface area contributed by atoms with E-state index in [2.05, 4.69) is 14.9 Å². The van der Waals surface area contributed by atoms with Crippen LogP contribution in [-0.4, -0.2) is 40.2 Å².